The molecule has 3 heteroatoms. The number of rotatable bonds is 7. The van der Waals surface area contributed by atoms with Crippen molar-refractivity contribution in [2.45, 2.75) is 58.3 Å². The van der Waals surface area contributed by atoms with Crippen LogP contribution in [0.2, 0.25) is 5.02 Å². The number of hydrogen-bond donors (Lipinski definition) is 0. The van der Waals surface area contributed by atoms with Gasteiger partial charge < -0.3 is 0 Å². The Morgan fingerprint density at radius 1 is 1.04 bits per heavy atom. The van der Waals surface area contributed by atoms with Crippen LogP contribution in [0.1, 0.15) is 57.4 Å². The van der Waals surface area contributed by atoms with Gasteiger partial charge in [-0.2, -0.15) is 0 Å². The van der Waals surface area contributed by atoms with Gasteiger partial charge in [0.1, 0.15) is 0 Å². The number of aryl methyl sites for hydroxylation is 1. The van der Waals surface area contributed by atoms with E-state index < -0.39 is 0 Å². The molecule has 0 N–H and O–H groups in total. The smallest absolute Gasteiger partial charge is 0.159 e. The summed E-state index contributed by atoms with van der Waals surface area (Å²) in [6.45, 7) is 2.24. The summed E-state index contributed by atoms with van der Waals surface area (Å²) in [6, 6.07) is 7.68. The number of nitrogens with zero attached hydrogens (tertiary/aromatic N) is 2. The topological polar surface area (TPSA) is 25.8 Å². The van der Waals surface area contributed by atoms with Crippen molar-refractivity contribution >= 4 is 11.6 Å². The summed E-state index contributed by atoms with van der Waals surface area (Å²) in [5, 5.41) is 0.737. The van der Waals surface area contributed by atoms with E-state index in [1.807, 2.05) is 36.7 Å². The van der Waals surface area contributed by atoms with Crippen LogP contribution >= 0.6 is 11.6 Å². The Morgan fingerprint density at radius 2 is 1.73 bits per heavy atom. The molecule has 3 rings (SSSR count). The second-order valence-corrected chi connectivity index (χ2v) is 7.89. The highest BCUT2D eigenvalue weighted by atomic mass is 35.5. The standard InChI is InChI=1S/C23H29ClN2/c1-2-3-4-5-18-6-8-19(9-7-18)10-11-20-16-25-23(26-17-20)21-12-14-22(24)15-13-21/h4-5,12-19H,2-3,6-11H2,1H3/b5-4+. The average Bonchev–Trinajstić information content (AvgIpc) is 2.69. The van der Waals surface area contributed by atoms with E-state index in [1.165, 1.54) is 50.5 Å². The molecule has 2 nitrogen and oxygen atoms in total. The summed E-state index contributed by atoms with van der Waals surface area (Å²) in [4.78, 5) is 9.07. The molecule has 2 aromatic rings. The van der Waals surface area contributed by atoms with Crippen molar-refractivity contribution in [2.24, 2.45) is 11.8 Å². The highest BCUT2D eigenvalue weighted by Gasteiger charge is 2.19. The minimum atomic E-state index is 0.737. The highest BCUT2D eigenvalue weighted by molar-refractivity contribution is 6.30. The largest absolute Gasteiger partial charge is 0.236 e. The first-order chi connectivity index (χ1) is 12.7. The summed E-state index contributed by atoms with van der Waals surface area (Å²) in [7, 11) is 0. The molecule has 1 aliphatic rings. The van der Waals surface area contributed by atoms with Crippen LogP contribution in [0.15, 0.2) is 48.8 Å². The van der Waals surface area contributed by atoms with E-state index in [4.69, 9.17) is 11.6 Å². The molecule has 138 valence electrons. The molecule has 1 aliphatic carbocycles. The fourth-order valence-corrected chi connectivity index (χ4v) is 3.85. The van der Waals surface area contributed by atoms with Crippen LogP contribution in [0.3, 0.4) is 0 Å². The Kier molecular flexibility index (Phi) is 7.25. The molecule has 0 saturated heterocycles. The van der Waals surface area contributed by atoms with Crippen LogP contribution in [-0.2, 0) is 6.42 Å². The zero-order valence-corrected chi connectivity index (χ0v) is 16.5. The van der Waals surface area contributed by atoms with Gasteiger partial charge in [-0.15, -0.1) is 0 Å². The predicted molar refractivity (Wildman–Crippen MR) is 110 cm³/mol. The van der Waals surface area contributed by atoms with Gasteiger partial charge in [-0.3, -0.25) is 0 Å². The van der Waals surface area contributed by atoms with Crippen molar-refractivity contribution in [3.8, 4) is 11.4 Å². The van der Waals surface area contributed by atoms with Crippen molar-refractivity contribution < 1.29 is 0 Å². The molecule has 1 aromatic carbocycles. The van der Waals surface area contributed by atoms with Crippen LogP contribution in [0, 0.1) is 11.8 Å². The van der Waals surface area contributed by atoms with E-state index >= 15 is 0 Å². The van der Waals surface area contributed by atoms with Crippen molar-refractivity contribution in [3.05, 3.63) is 59.4 Å². The molecule has 0 unspecified atom stereocenters. The highest BCUT2D eigenvalue weighted by Crippen LogP contribution is 2.32. The Hall–Kier alpha value is -1.67. The Bertz CT molecular complexity index is 683. The Labute approximate surface area is 162 Å². The number of benzene rings is 1. The zero-order chi connectivity index (χ0) is 18.2. The molecular weight excluding hydrogens is 340 g/mol. The number of unbranched alkanes of at least 4 members (excludes halogenated alkanes) is 1. The van der Waals surface area contributed by atoms with Gasteiger partial charge in [-0.25, -0.2) is 9.97 Å². The molecule has 26 heavy (non-hydrogen) atoms. The van der Waals surface area contributed by atoms with Gasteiger partial charge in [0.15, 0.2) is 5.82 Å². The second kappa shape index (κ2) is 9.87. The van der Waals surface area contributed by atoms with E-state index in [2.05, 4.69) is 29.0 Å². The van der Waals surface area contributed by atoms with E-state index in [9.17, 15) is 0 Å². The molecule has 0 amide bonds. The summed E-state index contributed by atoms with van der Waals surface area (Å²) >= 11 is 5.94. The van der Waals surface area contributed by atoms with E-state index in [0.29, 0.717) is 0 Å². The predicted octanol–water partition coefficient (Wildman–Crippen LogP) is 6.89. The van der Waals surface area contributed by atoms with Gasteiger partial charge in [-0.05, 0) is 86.6 Å². The maximum atomic E-state index is 5.94. The number of allylic oxidation sites excluding steroid dienone is 2. The minimum absolute atomic E-state index is 0.737. The molecule has 1 saturated carbocycles. The third-order valence-corrected chi connectivity index (χ3v) is 5.66. The normalized spacial score (nSPS) is 20.5. The lowest BCUT2D eigenvalue weighted by atomic mass is 9.79. The quantitative estimate of drug-likeness (QED) is 0.497. The average molecular weight is 369 g/mol. The molecule has 0 aliphatic heterocycles. The molecule has 0 bridgehead atoms. The monoisotopic (exact) mass is 368 g/mol. The summed E-state index contributed by atoms with van der Waals surface area (Å²) in [5.41, 5.74) is 2.25. The van der Waals surface area contributed by atoms with Crippen molar-refractivity contribution in [2.75, 3.05) is 0 Å². The fourth-order valence-electron chi connectivity index (χ4n) is 3.73. The molecular formula is C23H29ClN2. The van der Waals surface area contributed by atoms with Crippen LogP contribution in [-0.4, -0.2) is 9.97 Å². The van der Waals surface area contributed by atoms with E-state index in [0.717, 1.165) is 34.7 Å². The number of aromatic nitrogens is 2. The van der Waals surface area contributed by atoms with Gasteiger partial charge in [0.25, 0.3) is 0 Å². The van der Waals surface area contributed by atoms with Crippen LogP contribution in [0.25, 0.3) is 11.4 Å². The lowest BCUT2D eigenvalue weighted by Gasteiger charge is -2.26. The first kappa shape index (κ1) is 19.1. The van der Waals surface area contributed by atoms with Crippen molar-refractivity contribution in [3.63, 3.8) is 0 Å². The second-order valence-electron chi connectivity index (χ2n) is 7.46. The maximum absolute atomic E-state index is 5.94. The van der Waals surface area contributed by atoms with E-state index in [-0.39, 0.29) is 0 Å². The molecule has 0 spiro atoms. The van der Waals surface area contributed by atoms with E-state index in [1.54, 1.807) is 0 Å². The summed E-state index contributed by atoms with van der Waals surface area (Å²) in [6.07, 6.45) is 19.1. The van der Waals surface area contributed by atoms with Gasteiger partial charge in [0, 0.05) is 23.0 Å². The van der Waals surface area contributed by atoms with Crippen molar-refractivity contribution in [1.29, 1.82) is 0 Å². The lowest BCUT2D eigenvalue weighted by molar-refractivity contribution is 0.296. The lowest BCUT2D eigenvalue weighted by Crippen LogP contribution is -2.13. The first-order valence-electron chi connectivity index (χ1n) is 9.98. The summed E-state index contributed by atoms with van der Waals surface area (Å²) < 4.78 is 0. The van der Waals surface area contributed by atoms with Gasteiger partial charge in [0.2, 0.25) is 0 Å². The fraction of sp³-hybridized carbons (Fsp3) is 0.478. The van der Waals surface area contributed by atoms with Gasteiger partial charge in [-0.1, -0.05) is 37.1 Å². The Balaban J connectivity index is 1.45. The van der Waals surface area contributed by atoms with Crippen molar-refractivity contribution in [1.82, 2.24) is 9.97 Å². The molecule has 0 radical (unpaired) electrons. The zero-order valence-electron chi connectivity index (χ0n) is 15.7. The van der Waals surface area contributed by atoms with Crippen LogP contribution < -0.4 is 0 Å². The maximum Gasteiger partial charge on any atom is 0.159 e. The van der Waals surface area contributed by atoms with Gasteiger partial charge in [0.05, 0.1) is 0 Å². The molecule has 1 heterocycles. The Morgan fingerprint density at radius 3 is 2.38 bits per heavy atom. The summed E-state index contributed by atoms with van der Waals surface area (Å²) in [5.74, 6) is 2.45. The van der Waals surface area contributed by atoms with Crippen LogP contribution in [0.4, 0.5) is 0 Å². The number of hydrogen-bond acceptors (Lipinski definition) is 2. The SMILES string of the molecule is CCC/C=C/C1CCC(CCc2cnc(-c3ccc(Cl)cc3)nc2)CC1. The molecule has 0 atom stereocenters. The third kappa shape index (κ3) is 5.67. The third-order valence-electron chi connectivity index (χ3n) is 5.40. The molecule has 1 fully saturated rings. The molecule has 1 aromatic heterocycles. The number of halogens is 1. The van der Waals surface area contributed by atoms with Gasteiger partial charge >= 0.3 is 0 Å². The minimum Gasteiger partial charge on any atom is -0.236 e. The van der Waals surface area contributed by atoms with Crippen LogP contribution in [0.5, 0.6) is 0 Å². The first-order valence-corrected chi connectivity index (χ1v) is 10.4.